The summed E-state index contributed by atoms with van der Waals surface area (Å²) >= 11 is 0. The summed E-state index contributed by atoms with van der Waals surface area (Å²) in [7, 11) is 6.61. The van der Waals surface area contributed by atoms with Gasteiger partial charge in [0.15, 0.2) is 0 Å². The quantitative estimate of drug-likeness (QED) is 0.721. The van der Waals surface area contributed by atoms with Gasteiger partial charge in [0, 0.05) is 30.7 Å². The van der Waals surface area contributed by atoms with Gasteiger partial charge in [-0.15, -0.1) is 0 Å². The zero-order valence-corrected chi connectivity index (χ0v) is 13.0. The molecule has 1 N–H and O–H groups in total. The molecule has 18 heavy (non-hydrogen) atoms. The Morgan fingerprint density at radius 3 is 1.94 bits per heavy atom. The predicted octanol–water partition coefficient (Wildman–Crippen LogP) is 2.20. The molecule has 0 radical (unpaired) electrons. The molecule has 0 aromatic rings. The highest BCUT2D eigenvalue weighted by Gasteiger charge is 2.40. The average molecular weight is 256 g/mol. The molecule has 0 saturated heterocycles. The fraction of sp³-hybridized carbons (Fsp3) is 1.00. The first-order valence-electron chi connectivity index (χ1n) is 7.40. The third-order valence-corrected chi connectivity index (χ3v) is 5.24. The molecule has 3 nitrogen and oxygen atoms in total. The minimum atomic E-state index is 0.0893. The van der Waals surface area contributed by atoms with Crippen LogP contribution in [-0.2, 0) is 0 Å². The summed E-state index contributed by atoms with van der Waals surface area (Å²) in [5.74, 6) is 0. The van der Waals surface area contributed by atoms with Crippen LogP contribution in [0, 0.1) is 5.41 Å². The number of likely N-dealkylation sites (N-methyl/N-ethyl adjacent to an activating group) is 2. The molecular weight excluding hydrogens is 224 g/mol. The molecule has 0 bridgehead atoms. The summed E-state index contributed by atoms with van der Waals surface area (Å²) in [4.78, 5) is 4.83. The van der Waals surface area contributed by atoms with Gasteiger partial charge in [-0.3, -0.25) is 0 Å². The highest BCUT2D eigenvalue weighted by Crippen LogP contribution is 2.37. The van der Waals surface area contributed by atoms with Crippen molar-refractivity contribution < 1.29 is 5.11 Å². The monoisotopic (exact) mass is 256 g/mol. The molecule has 0 amide bonds. The van der Waals surface area contributed by atoms with Crippen LogP contribution in [0.15, 0.2) is 0 Å². The Kier molecular flexibility index (Phi) is 5.63. The van der Waals surface area contributed by atoms with Crippen LogP contribution in [0.2, 0.25) is 0 Å². The maximum Gasteiger partial charge on any atom is 0.0499 e. The Bertz CT molecular complexity index is 225. The van der Waals surface area contributed by atoms with Crippen molar-refractivity contribution in [1.82, 2.24) is 9.80 Å². The topological polar surface area (TPSA) is 26.7 Å². The maximum atomic E-state index is 9.67. The van der Waals surface area contributed by atoms with Crippen LogP contribution in [0.3, 0.4) is 0 Å². The van der Waals surface area contributed by atoms with E-state index in [1.165, 1.54) is 19.3 Å². The van der Waals surface area contributed by atoms with E-state index in [1.807, 2.05) is 0 Å². The number of hydrogen-bond donors (Lipinski definition) is 1. The fourth-order valence-corrected chi connectivity index (χ4v) is 3.21. The first-order valence-corrected chi connectivity index (χ1v) is 7.40. The largest absolute Gasteiger partial charge is 0.396 e. The molecule has 1 saturated carbocycles. The maximum absolute atomic E-state index is 9.67. The third-order valence-electron chi connectivity index (χ3n) is 5.24. The van der Waals surface area contributed by atoms with E-state index in [1.54, 1.807) is 0 Å². The molecule has 0 aliphatic heterocycles. The summed E-state index contributed by atoms with van der Waals surface area (Å²) in [6, 6.07) is 0. The first-order chi connectivity index (χ1) is 8.43. The van der Waals surface area contributed by atoms with Crippen molar-refractivity contribution in [2.75, 3.05) is 40.8 Å². The van der Waals surface area contributed by atoms with Crippen LogP contribution in [0.25, 0.3) is 0 Å². The van der Waals surface area contributed by atoms with Gasteiger partial charge in [0.05, 0.1) is 0 Å². The van der Waals surface area contributed by atoms with E-state index in [0.717, 1.165) is 25.9 Å². The average Bonchev–Trinajstić information content (AvgIpc) is 2.30. The van der Waals surface area contributed by atoms with Crippen LogP contribution in [0.1, 0.15) is 46.0 Å². The third kappa shape index (κ3) is 3.25. The molecule has 1 aliphatic carbocycles. The second kappa shape index (κ2) is 6.36. The minimum Gasteiger partial charge on any atom is -0.396 e. The van der Waals surface area contributed by atoms with Gasteiger partial charge in [-0.2, -0.15) is 0 Å². The van der Waals surface area contributed by atoms with Crippen molar-refractivity contribution in [3.8, 4) is 0 Å². The lowest BCUT2D eigenvalue weighted by Crippen LogP contribution is -2.57. The van der Waals surface area contributed by atoms with Gasteiger partial charge >= 0.3 is 0 Å². The Balaban J connectivity index is 2.57. The molecule has 0 atom stereocenters. The van der Waals surface area contributed by atoms with Crippen LogP contribution in [0.5, 0.6) is 0 Å². The summed E-state index contributed by atoms with van der Waals surface area (Å²) < 4.78 is 0. The molecule has 108 valence electrons. The number of aliphatic hydroxyl groups is 1. The minimum absolute atomic E-state index is 0.0893. The first kappa shape index (κ1) is 15.9. The molecule has 1 fully saturated rings. The predicted molar refractivity (Wildman–Crippen MR) is 77.9 cm³/mol. The lowest BCUT2D eigenvalue weighted by molar-refractivity contribution is 0.00387. The Labute approximate surface area is 113 Å². The highest BCUT2D eigenvalue weighted by atomic mass is 16.3. The zero-order valence-electron chi connectivity index (χ0n) is 13.0. The van der Waals surface area contributed by atoms with Gasteiger partial charge < -0.3 is 14.9 Å². The van der Waals surface area contributed by atoms with Gasteiger partial charge in [0.1, 0.15) is 0 Å². The van der Waals surface area contributed by atoms with Gasteiger partial charge in [-0.1, -0.05) is 13.8 Å². The standard InChI is InChI=1S/C15H32N2O/c1-6-14(7-2,13-18)11-17(5)12-15(16(3)4)9-8-10-15/h18H,6-13H2,1-5H3. The van der Waals surface area contributed by atoms with Crippen LogP contribution < -0.4 is 0 Å². The van der Waals surface area contributed by atoms with E-state index in [2.05, 4.69) is 44.8 Å². The summed E-state index contributed by atoms with van der Waals surface area (Å²) in [6.45, 7) is 6.82. The molecule has 0 unspecified atom stereocenters. The van der Waals surface area contributed by atoms with E-state index < -0.39 is 0 Å². The second-order valence-corrected chi connectivity index (χ2v) is 6.51. The molecular formula is C15H32N2O. The molecule has 1 aliphatic rings. The summed E-state index contributed by atoms with van der Waals surface area (Å²) in [5.41, 5.74) is 0.476. The van der Waals surface area contributed by atoms with Crippen LogP contribution >= 0.6 is 0 Å². The molecule has 0 heterocycles. The lowest BCUT2D eigenvalue weighted by atomic mass is 9.74. The van der Waals surface area contributed by atoms with Gasteiger partial charge in [-0.25, -0.2) is 0 Å². The Morgan fingerprint density at radius 2 is 1.67 bits per heavy atom. The van der Waals surface area contributed by atoms with Crippen LogP contribution in [0.4, 0.5) is 0 Å². The molecule has 0 aromatic heterocycles. The van der Waals surface area contributed by atoms with Crippen molar-refractivity contribution in [2.45, 2.75) is 51.5 Å². The van der Waals surface area contributed by atoms with Crippen LogP contribution in [-0.4, -0.2) is 61.3 Å². The Hall–Kier alpha value is -0.120. The molecule has 1 rings (SSSR count). The molecule has 3 heteroatoms. The van der Waals surface area contributed by atoms with Crippen molar-refractivity contribution in [1.29, 1.82) is 0 Å². The van der Waals surface area contributed by atoms with Crippen molar-refractivity contribution in [2.24, 2.45) is 5.41 Å². The number of aliphatic hydroxyl groups excluding tert-OH is 1. The Morgan fingerprint density at radius 1 is 1.11 bits per heavy atom. The highest BCUT2D eigenvalue weighted by molar-refractivity contribution is 4.98. The van der Waals surface area contributed by atoms with E-state index in [9.17, 15) is 5.11 Å². The van der Waals surface area contributed by atoms with Crippen molar-refractivity contribution >= 4 is 0 Å². The number of rotatable bonds is 8. The number of hydrogen-bond acceptors (Lipinski definition) is 3. The van der Waals surface area contributed by atoms with Crippen molar-refractivity contribution in [3.63, 3.8) is 0 Å². The molecule has 0 aromatic carbocycles. The fourth-order valence-electron chi connectivity index (χ4n) is 3.21. The normalized spacial score (nSPS) is 19.3. The summed E-state index contributed by atoms with van der Waals surface area (Å²) in [5, 5.41) is 9.67. The van der Waals surface area contributed by atoms with E-state index in [4.69, 9.17) is 0 Å². The van der Waals surface area contributed by atoms with E-state index >= 15 is 0 Å². The summed E-state index contributed by atoms with van der Waals surface area (Å²) in [6.07, 6.45) is 6.10. The lowest BCUT2D eigenvalue weighted by Gasteiger charge is -2.50. The SMILES string of the molecule is CCC(CC)(CO)CN(C)CC1(N(C)C)CCC1. The van der Waals surface area contributed by atoms with Gasteiger partial charge in [0.2, 0.25) is 0 Å². The van der Waals surface area contributed by atoms with E-state index in [-0.39, 0.29) is 5.41 Å². The second-order valence-electron chi connectivity index (χ2n) is 6.51. The van der Waals surface area contributed by atoms with Gasteiger partial charge in [0.25, 0.3) is 0 Å². The number of nitrogens with zero attached hydrogens (tertiary/aromatic N) is 2. The van der Waals surface area contributed by atoms with Gasteiger partial charge in [-0.05, 0) is 53.2 Å². The zero-order chi connectivity index (χ0) is 13.8. The van der Waals surface area contributed by atoms with E-state index in [0.29, 0.717) is 12.1 Å². The smallest absolute Gasteiger partial charge is 0.0499 e. The molecule has 0 spiro atoms. The van der Waals surface area contributed by atoms with Crippen molar-refractivity contribution in [3.05, 3.63) is 0 Å².